The second-order valence-corrected chi connectivity index (χ2v) is 6.13. The number of benzene rings is 2. The lowest BCUT2D eigenvalue weighted by Gasteiger charge is -2.04. The Balaban J connectivity index is 1.51. The molecule has 0 atom stereocenters. The van der Waals surface area contributed by atoms with Gasteiger partial charge in [-0.25, -0.2) is 0 Å². The van der Waals surface area contributed by atoms with Crippen molar-refractivity contribution in [2.75, 3.05) is 0 Å². The highest BCUT2D eigenvalue weighted by molar-refractivity contribution is 5.87. The maximum absolute atomic E-state index is 12.2. The molecule has 0 saturated carbocycles. The predicted molar refractivity (Wildman–Crippen MR) is 90.7 cm³/mol. The summed E-state index contributed by atoms with van der Waals surface area (Å²) in [6, 6.07) is 9.60. The van der Waals surface area contributed by atoms with Crippen molar-refractivity contribution < 1.29 is 18.9 Å². The molecule has 0 saturated heterocycles. The van der Waals surface area contributed by atoms with Gasteiger partial charge < -0.3 is 9.15 Å². The van der Waals surface area contributed by atoms with E-state index in [9.17, 15) is 14.9 Å². The molecule has 0 spiro atoms. The molecule has 0 fully saturated rings. The number of hydrogen-bond donors (Lipinski definition) is 0. The Hall–Kier alpha value is -3.15. The second kappa shape index (κ2) is 6.05. The Morgan fingerprint density at radius 3 is 2.60 bits per heavy atom. The van der Waals surface area contributed by atoms with Gasteiger partial charge in [0, 0.05) is 23.1 Å². The molecule has 4 rings (SSSR count). The first-order chi connectivity index (χ1) is 12.1. The highest BCUT2D eigenvalue weighted by Crippen LogP contribution is 2.30. The number of fused-ring (bicyclic) bond motifs is 2. The van der Waals surface area contributed by atoms with E-state index >= 15 is 0 Å². The van der Waals surface area contributed by atoms with E-state index in [1.165, 1.54) is 35.4 Å². The van der Waals surface area contributed by atoms with Crippen molar-refractivity contribution >= 4 is 22.6 Å². The normalized spacial score (nSPS) is 13.0. The van der Waals surface area contributed by atoms with E-state index in [-0.39, 0.29) is 17.9 Å². The summed E-state index contributed by atoms with van der Waals surface area (Å²) in [5.74, 6) is -0.152. The lowest BCUT2D eigenvalue weighted by molar-refractivity contribution is -0.384. The van der Waals surface area contributed by atoms with Crippen LogP contribution in [0, 0.1) is 10.1 Å². The summed E-state index contributed by atoms with van der Waals surface area (Å²) in [4.78, 5) is 22.3. The van der Waals surface area contributed by atoms with Gasteiger partial charge >= 0.3 is 5.97 Å². The zero-order valence-electron chi connectivity index (χ0n) is 13.4. The third-order valence-corrected chi connectivity index (χ3v) is 4.48. The number of hydrogen-bond acceptors (Lipinski definition) is 5. The van der Waals surface area contributed by atoms with E-state index in [2.05, 4.69) is 12.1 Å². The third kappa shape index (κ3) is 2.98. The van der Waals surface area contributed by atoms with Gasteiger partial charge in [0.1, 0.15) is 11.3 Å². The largest absolute Gasteiger partial charge is 0.464 e. The smallest absolute Gasteiger partial charge is 0.315 e. The number of esters is 1. The van der Waals surface area contributed by atoms with Crippen molar-refractivity contribution in [2.24, 2.45) is 0 Å². The molecule has 0 amide bonds. The van der Waals surface area contributed by atoms with Crippen LogP contribution in [0.2, 0.25) is 0 Å². The molecule has 6 nitrogen and oxygen atoms in total. The summed E-state index contributed by atoms with van der Waals surface area (Å²) in [6.45, 7) is 0. The molecule has 2 aromatic carbocycles. The standard InChI is InChI=1S/C19H15NO5/c21-19(25-16-6-4-15(5-7-16)20(22)23)10-14-11-24-18-9-13-3-1-2-12(13)8-17(14)18/h4-9,11H,1-3,10H2. The van der Waals surface area contributed by atoms with E-state index in [1.54, 1.807) is 6.26 Å². The molecule has 0 bridgehead atoms. The fourth-order valence-corrected chi connectivity index (χ4v) is 3.24. The number of furan rings is 1. The molecule has 25 heavy (non-hydrogen) atoms. The van der Waals surface area contributed by atoms with Crippen LogP contribution in [0.1, 0.15) is 23.1 Å². The van der Waals surface area contributed by atoms with Crippen LogP contribution < -0.4 is 4.74 Å². The van der Waals surface area contributed by atoms with Crippen LogP contribution in [0.4, 0.5) is 5.69 Å². The molecule has 1 aromatic heterocycles. The first kappa shape index (κ1) is 15.4. The topological polar surface area (TPSA) is 82.6 Å². The van der Waals surface area contributed by atoms with Crippen LogP contribution in [0.15, 0.2) is 47.1 Å². The number of non-ortho nitro benzene ring substituents is 1. The number of ether oxygens (including phenoxy) is 1. The molecule has 1 heterocycles. The predicted octanol–water partition coefficient (Wildman–Crippen LogP) is 3.98. The minimum absolute atomic E-state index is 0.0468. The van der Waals surface area contributed by atoms with Crippen LogP contribution >= 0.6 is 0 Å². The van der Waals surface area contributed by atoms with Gasteiger partial charge in [-0.1, -0.05) is 0 Å². The Morgan fingerprint density at radius 1 is 1.16 bits per heavy atom. The molecule has 0 N–H and O–H groups in total. The summed E-state index contributed by atoms with van der Waals surface area (Å²) in [5, 5.41) is 11.6. The van der Waals surface area contributed by atoms with Gasteiger partial charge in [-0.3, -0.25) is 14.9 Å². The molecule has 0 aliphatic heterocycles. The molecule has 6 heteroatoms. The maximum Gasteiger partial charge on any atom is 0.315 e. The molecule has 1 aliphatic carbocycles. The van der Waals surface area contributed by atoms with Crippen molar-refractivity contribution in [2.45, 2.75) is 25.7 Å². The van der Waals surface area contributed by atoms with Crippen LogP contribution in [-0.2, 0) is 24.1 Å². The summed E-state index contributed by atoms with van der Waals surface area (Å²) >= 11 is 0. The zero-order chi connectivity index (χ0) is 17.4. The van der Waals surface area contributed by atoms with E-state index in [0.717, 1.165) is 35.8 Å². The highest BCUT2D eigenvalue weighted by Gasteiger charge is 2.17. The van der Waals surface area contributed by atoms with Crippen LogP contribution in [0.3, 0.4) is 0 Å². The quantitative estimate of drug-likeness (QED) is 0.311. The van der Waals surface area contributed by atoms with Crippen molar-refractivity contribution in [1.29, 1.82) is 0 Å². The number of aryl methyl sites for hydroxylation is 2. The molecule has 126 valence electrons. The average Bonchev–Trinajstić information content (AvgIpc) is 3.20. The van der Waals surface area contributed by atoms with E-state index < -0.39 is 10.9 Å². The molecule has 0 radical (unpaired) electrons. The molecular weight excluding hydrogens is 322 g/mol. The molecule has 3 aromatic rings. The van der Waals surface area contributed by atoms with Crippen molar-refractivity contribution in [3.05, 3.63) is 69.5 Å². The average molecular weight is 337 g/mol. The first-order valence-corrected chi connectivity index (χ1v) is 8.07. The fraction of sp³-hybridized carbons (Fsp3) is 0.211. The van der Waals surface area contributed by atoms with Crippen LogP contribution in [0.5, 0.6) is 5.75 Å². The Bertz CT molecular complexity index is 971. The molecular formula is C19H15NO5. The summed E-state index contributed by atoms with van der Waals surface area (Å²) in [6.07, 6.45) is 4.96. The number of carbonyl (C=O) groups excluding carboxylic acids is 1. The van der Waals surface area contributed by atoms with E-state index in [4.69, 9.17) is 9.15 Å². The first-order valence-electron chi connectivity index (χ1n) is 8.07. The zero-order valence-corrected chi connectivity index (χ0v) is 13.4. The Morgan fingerprint density at radius 2 is 1.88 bits per heavy atom. The summed E-state index contributed by atoms with van der Waals surface area (Å²) in [7, 11) is 0. The van der Waals surface area contributed by atoms with Gasteiger partial charge in [-0.15, -0.1) is 0 Å². The Kier molecular flexibility index (Phi) is 3.72. The Labute approximate surface area is 143 Å². The SMILES string of the molecule is O=C(Cc1coc2cc3c(cc12)CCC3)Oc1ccc([N+](=O)[O-])cc1. The van der Waals surface area contributed by atoms with Gasteiger partial charge in [-0.05, 0) is 54.7 Å². The maximum atomic E-state index is 12.2. The van der Waals surface area contributed by atoms with Gasteiger partial charge in [0.15, 0.2) is 0 Å². The number of rotatable bonds is 4. The highest BCUT2D eigenvalue weighted by atomic mass is 16.6. The summed E-state index contributed by atoms with van der Waals surface area (Å²) < 4.78 is 10.8. The third-order valence-electron chi connectivity index (χ3n) is 4.48. The van der Waals surface area contributed by atoms with Crippen molar-refractivity contribution in [3.8, 4) is 5.75 Å². The molecule has 0 unspecified atom stereocenters. The minimum Gasteiger partial charge on any atom is -0.464 e. The summed E-state index contributed by atoms with van der Waals surface area (Å²) in [5.41, 5.74) is 4.17. The van der Waals surface area contributed by atoms with Crippen LogP contribution in [-0.4, -0.2) is 10.9 Å². The monoisotopic (exact) mass is 337 g/mol. The van der Waals surface area contributed by atoms with Crippen LogP contribution in [0.25, 0.3) is 11.0 Å². The number of nitrogens with zero attached hydrogens (tertiary/aromatic N) is 1. The minimum atomic E-state index is -0.498. The van der Waals surface area contributed by atoms with Gasteiger partial charge in [-0.2, -0.15) is 0 Å². The van der Waals surface area contributed by atoms with Gasteiger partial charge in [0.05, 0.1) is 17.6 Å². The molecule has 1 aliphatic rings. The fourth-order valence-electron chi connectivity index (χ4n) is 3.24. The number of carbonyl (C=O) groups is 1. The van der Waals surface area contributed by atoms with Gasteiger partial charge in [0.2, 0.25) is 0 Å². The lowest BCUT2D eigenvalue weighted by Crippen LogP contribution is -2.11. The van der Waals surface area contributed by atoms with Gasteiger partial charge in [0.25, 0.3) is 5.69 Å². The lowest BCUT2D eigenvalue weighted by atomic mass is 10.0. The van der Waals surface area contributed by atoms with Crippen molar-refractivity contribution in [3.63, 3.8) is 0 Å². The number of nitro groups is 1. The van der Waals surface area contributed by atoms with E-state index in [0.29, 0.717) is 0 Å². The van der Waals surface area contributed by atoms with E-state index in [1.807, 2.05) is 0 Å². The number of nitro benzene ring substituents is 1. The second-order valence-electron chi connectivity index (χ2n) is 6.13. The van der Waals surface area contributed by atoms with Crippen molar-refractivity contribution in [1.82, 2.24) is 0 Å².